The predicted molar refractivity (Wildman–Crippen MR) is 189 cm³/mol. The van der Waals surface area contributed by atoms with Gasteiger partial charge in [-0.05, 0) is 106 Å². The van der Waals surface area contributed by atoms with E-state index in [1.54, 1.807) is 16.8 Å². The van der Waals surface area contributed by atoms with Crippen molar-refractivity contribution in [2.75, 3.05) is 11.8 Å². The number of fused-ring (bicyclic) bond motifs is 1. The van der Waals surface area contributed by atoms with E-state index in [0.717, 1.165) is 17.0 Å². The highest BCUT2D eigenvalue weighted by Crippen LogP contribution is 2.50. The number of aromatic nitrogens is 4. The highest BCUT2D eigenvalue weighted by Gasteiger charge is 2.38. The molecule has 0 spiro atoms. The Morgan fingerprint density at radius 2 is 1.47 bits per heavy atom. The van der Waals surface area contributed by atoms with Crippen LogP contribution in [0.4, 0.5) is 5.69 Å². The molecular weight excluding hydrogens is 684 g/mol. The third kappa shape index (κ3) is 6.81. The molecule has 2 fully saturated rings. The van der Waals surface area contributed by atoms with E-state index in [1.165, 1.54) is 88.7 Å². The third-order valence-electron chi connectivity index (χ3n) is 9.85. The summed E-state index contributed by atoms with van der Waals surface area (Å²) in [7, 11) is -6.66. The molecule has 3 N–H and O–H groups in total. The van der Waals surface area contributed by atoms with Gasteiger partial charge in [0.2, 0.25) is 15.7 Å². The topological polar surface area (TPSA) is 148 Å². The number of H-pyrrole nitrogens is 1. The summed E-state index contributed by atoms with van der Waals surface area (Å²) in [6.45, 7) is 2.04. The van der Waals surface area contributed by atoms with Crippen LogP contribution in [-0.2, 0) is 20.0 Å². The van der Waals surface area contributed by atoms with Gasteiger partial charge in [0.05, 0.1) is 26.2 Å². The molecule has 2 aromatic heterocycles. The van der Waals surface area contributed by atoms with Gasteiger partial charge in [-0.25, -0.2) is 26.5 Å². The summed E-state index contributed by atoms with van der Waals surface area (Å²) >= 11 is 6.22. The minimum absolute atomic E-state index is 0.0411. The maximum atomic E-state index is 13.3. The zero-order valence-corrected chi connectivity index (χ0v) is 29.7. The highest BCUT2D eigenvalue weighted by molar-refractivity contribution is 7.92. The normalized spacial score (nSPS) is 16.2. The molecule has 0 bridgehead atoms. The molecule has 0 saturated heterocycles. The number of aromatic amines is 1. The molecule has 5 aromatic rings. The Hall–Kier alpha value is -3.91. The van der Waals surface area contributed by atoms with Crippen molar-refractivity contribution in [1.29, 1.82) is 0 Å². The first-order valence-electron chi connectivity index (χ1n) is 16.6. The van der Waals surface area contributed by atoms with Crippen molar-refractivity contribution in [3.63, 3.8) is 0 Å². The van der Waals surface area contributed by atoms with Crippen molar-refractivity contribution in [2.24, 2.45) is 11.8 Å². The second kappa shape index (κ2) is 13.4. The Morgan fingerprint density at radius 3 is 2.08 bits per heavy atom. The Balaban J connectivity index is 1.21. The molecule has 0 radical (unpaired) electrons. The standard InChI is InChI=1S/C35H39ClN6O5S2/c1-22-11-15-26(16-12-22)47-33-32(31(23-7-3-4-8-23)24-9-5-6-10-24)39-42-35(33)38-34(40-42)25-13-17-27(18-14-25)49(45,46)41-30-21-28(19-20-29(30)36)48(43,44)37-2/h11-21,23-24,31,37,39,41H,3-10H2,1-2H3. The predicted octanol–water partition coefficient (Wildman–Crippen LogP) is 7.65. The van der Waals surface area contributed by atoms with E-state index >= 15 is 0 Å². The van der Waals surface area contributed by atoms with Gasteiger partial charge < -0.3 is 4.74 Å². The van der Waals surface area contributed by atoms with Gasteiger partial charge in [0.25, 0.3) is 10.0 Å². The van der Waals surface area contributed by atoms with E-state index in [9.17, 15) is 16.8 Å². The van der Waals surface area contributed by atoms with Crippen molar-refractivity contribution in [1.82, 2.24) is 24.5 Å². The maximum absolute atomic E-state index is 13.3. The molecule has 11 nitrogen and oxygen atoms in total. The van der Waals surface area contributed by atoms with Gasteiger partial charge in [0.1, 0.15) is 5.75 Å². The average Bonchev–Trinajstić information content (AvgIpc) is 3.92. The Morgan fingerprint density at radius 1 is 0.857 bits per heavy atom. The van der Waals surface area contributed by atoms with Crippen LogP contribution in [-0.4, -0.2) is 43.7 Å². The lowest BCUT2D eigenvalue weighted by atomic mass is 9.77. The minimum atomic E-state index is -4.12. The number of hydrogen-bond acceptors (Lipinski definition) is 7. The fraction of sp³-hybridized carbons (Fsp3) is 0.371. The first-order valence-corrected chi connectivity index (χ1v) is 20.0. The number of hydrogen-bond donors (Lipinski definition) is 3. The van der Waals surface area contributed by atoms with Crippen LogP contribution in [0.2, 0.25) is 5.02 Å². The van der Waals surface area contributed by atoms with Crippen LogP contribution in [0.25, 0.3) is 17.0 Å². The number of anilines is 1. The summed E-state index contributed by atoms with van der Waals surface area (Å²) in [5.74, 6) is 3.33. The molecule has 258 valence electrons. The van der Waals surface area contributed by atoms with Crippen molar-refractivity contribution in [3.05, 3.63) is 83.0 Å². The largest absolute Gasteiger partial charge is 0.451 e. The second-order valence-electron chi connectivity index (χ2n) is 13.0. The molecule has 14 heteroatoms. The molecule has 2 saturated carbocycles. The van der Waals surface area contributed by atoms with Gasteiger partial charge in [0, 0.05) is 11.5 Å². The number of nitrogens with zero attached hydrogens (tertiary/aromatic N) is 3. The second-order valence-corrected chi connectivity index (χ2v) is 17.0. The minimum Gasteiger partial charge on any atom is -0.451 e. The summed E-state index contributed by atoms with van der Waals surface area (Å²) in [5.41, 5.74) is 3.33. The van der Waals surface area contributed by atoms with Gasteiger partial charge in [-0.2, -0.15) is 0 Å². The summed E-state index contributed by atoms with van der Waals surface area (Å²) in [5, 5.41) is 8.43. The van der Waals surface area contributed by atoms with Crippen molar-refractivity contribution in [3.8, 4) is 22.9 Å². The monoisotopic (exact) mass is 722 g/mol. The van der Waals surface area contributed by atoms with Gasteiger partial charge in [-0.1, -0.05) is 55.0 Å². The van der Waals surface area contributed by atoms with Crippen LogP contribution < -0.4 is 14.2 Å². The number of benzene rings is 3. The third-order valence-corrected chi connectivity index (χ3v) is 13.0. The van der Waals surface area contributed by atoms with Crippen molar-refractivity contribution in [2.45, 2.75) is 74.0 Å². The number of ether oxygens (including phenoxy) is 1. The number of sulfonamides is 2. The molecule has 0 aliphatic heterocycles. The van der Waals surface area contributed by atoms with E-state index < -0.39 is 20.0 Å². The summed E-state index contributed by atoms with van der Waals surface area (Å²) < 4.78 is 64.1. The van der Waals surface area contributed by atoms with E-state index in [0.29, 0.717) is 40.5 Å². The molecule has 0 amide bonds. The van der Waals surface area contributed by atoms with Crippen molar-refractivity contribution >= 4 is 43.0 Å². The molecule has 2 aliphatic rings. The van der Waals surface area contributed by atoms with Crippen LogP contribution in [0, 0.1) is 18.8 Å². The average molecular weight is 723 g/mol. The molecule has 0 unspecified atom stereocenters. The first-order chi connectivity index (χ1) is 23.5. The zero-order chi connectivity index (χ0) is 34.3. The zero-order valence-electron chi connectivity index (χ0n) is 27.3. The fourth-order valence-corrected chi connectivity index (χ4v) is 9.39. The van der Waals surface area contributed by atoms with Crippen LogP contribution in [0.5, 0.6) is 11.5 Å². The quantitative estimate of drug-likeness (QED) is 0.127. The van der Waals surface area contributed by atoms with E-state index in [4.69, 9.17) is 26.4 Å². The first kappa shape index (κ1) is 33.6. The van der Waals surface area contributed by atoms with E-state index in [-0.39, 0.29) is 20.5 Å². The van der Waals surface area contributed by atoms with Crippen LogP contribution >= 0.6 is 11.6 Å². The van der Waals surface area contributed by atoms with Crippen LogP contribution in [0.1, 0.15) is 68.5 Å². The molecule has 0 atom stereocenters. The Kier molecular flexibility index (Phi) is 9.20. The maximum Gasteiger partial charge on any atom is 0.261 e. The molecule has 3 aromatic carbocycles. The SMILES string of the molecule is CNS(=O)(=O)c1ccc(Cl)c(NS(=O)(=O)c2ccc(-c3nc4c(Oc5ccc(C)cc5)c(C(C5CCCC5)C5CCCC5)[nH]n4n3)cc2)c1. The summed E-state index contributed by atoms with van der Waals surface area (Å²) in [6.07, 6.45) is 9.85. The number of halogens is 1. The lowest BCUT2D eigenvalue weighted by Crippen LogP contribution is -2.19. The molecule has 49 heavy (non-hydrogen) atoms. The fourth-order valence-electron chi connectivity index (χ4n) is 7.34. The van der Waals surface area contributed by atoms with Crippen molar-refractivity contribution < 1.29 is 21.6 Å². The number of aryl methyl sites for hydroxylation is 1. The summed E-state index contributed by atoms with van der Waals surface area (Å²) in [6, 6.07) is 17.9. The van der Waals surface area contributed by atoms with Crippen LogP contribution in [0.3, 0.4) is 0 Å². The van der Waals surface area contributed by atoms with E-state index in [1.807, 2.05) is 31.2 Å². The lowest BCUT2D eigenvalue weighted by molar-refractivity contribution is 0.301. The molecule has 7 rings (SSSR count). The van der Waals surface area contributed by atoms with Gasteiger partial charge >= 0.3 is 0 Å². The van der Waals surface area contributed by atoms with Crippen LogP contribution in [0.15, 0.2) is 76.5 Å². The number of rotatable bonds is 11. The molecule has 2 heterocycles. The van der Waals surface area contributed by atoms with Gasteiger partial charge in [0.15, 0.2) is 11.6 Å². The van der Waals surface area contributed by atoms with E-state index in [2.05, 4.69) is 14.5 Å². The smallest absolute Gasteiger partial charge is 0.261 e. The molecular formula is C35H39ClN6O5S2. The molecule has 2 aliphatic carbocycles. The summed E-state index contributed by atoms with van der Waals surface area (Å²) in [4.78, 5) is 4.75. The Bertz CT molecular complexity index is 2170. The number of nitrogens with one attached hydrogen (secondary N) is 3. The Labute approximate surface area is 291 Å². The highest BCUT2D eigenvalue weighted by atomic mass is 35.5. The lowest BCUT2D eigenvalue weighted by Gasteiger charge is -2.29. The van der Waals surface area contributed by atoms with Gasteiger partial charge in [-0.15, -0.1) is 9.73 Å². The van der Waals surface area contributed by atoms with Gasteiger partial charge in [-0.3, -0.25) is 9.82 Å².